The highest BCUT2D eigenvalue weighted by Gasteiger charge is 2.49. The highest BCUT2D eigenvalue weighted by Crippen LogP contribution is 2.36. The smallest absolute Gasteiger partial charge is 0.261 e. The Morgan fingerprint density at radius 2 is 1.64 bits per heavy atom. The van der Waals surface area contributed by atoms with E-state index in [1.54, 1.807) is 13.8 Å². The van der Waals surface area contributed by atoms with E-state index in [-0.39, 0.29) is 32.1 Å². The number of amides is 1. The van der Waals surface area contributed by atoms with Crippen molar-refractivity contribution in [3.8, 4) is 0 Å². The fourth-order valence-electron chi connectivity index (χ4n) is 2.80. The van der Waals surface area contributed by atoms with Crippen LogP contribution in [0.5, 0.6) is 0 Å². The van der Waals surface area contributed by atoms with E-state index in [0.717, 1.165) is 4.31 Å². The number of hydrogen-bond acceptors (Lipinski definition) is 5. The minimum absolute atomic E-state index is 0.0871. The quantitative estimate of drug-likeness (QED) is 0.748. The molecule has 1 aliphatic heterocycles. The summed E-state index contributed by atoms with van der Waals surface area (Å²) < 4.78 is 52.8. The van der Waals surface area contributed by atoms with E-state index in [1.165, 1.54) is 42.5 Å². The van der Waals surface area contributed by atoms with Gasteiger partial charge in [-0.2, -0.15) is 0 Å². The molecule has 0 aromatic heterocycles. The molecule has 0 radical (unpaired) electrons. The topological polar surface area (TPSA) is 101 Å². The van der Waals surface area contributed by atoms with Crippen LogP contribution in [-0.2, 0) is 24.8 Å². The Bertz CT molecular complexity index is 1160. The SMILES string of the molecule is CC1(C)CS(=O)(=O)N(c2ccc(S(=O)(=O)Nc3ccc(Cl)c(Cl)c3)cc2)C1=O. The summed E-state index contributed by atoms with van der Waals surface area (Å²) in [6, 6.07) is 9.29. The molecule has 0 aliphatic carbocycles. The monoisotopic (exact) mass is 462 g/mol. The average molecular weight is 463 g/mol. The van der Waals surface area contributed by atoms with Crippen LogP contribution in [0.15, 0.2) is 47.4 Å². The third kappa shape index (κ3) is 3.84. The summed E-state index contributed by atoms with van der Waals surface area (Å²) in [5.41, 5.74) is -0.736. The van der Waals surface area contributed by atoms with Crippen molar-refractivity contribution >= 4 is 60.5 Å². The normalized spacial score (nSPS) is 18.3. The predicted octanol–water partition coefficient (Wildman–Crippen LogP) is 3.50. The lowest BCUT2D eigenvalue weighted by molar-refractivity contribution is -0.123. The van der Waals surface area contributed by atoms with E-state index >= 15 is 0 Å². The second-order valence-electron chi connectivity index (χ2n) is 6.94. The number of anilines is 2. The first-order valence-electron chi connectivity index (χ1n) is 7.99. The fourth-order valence-corrected chi connectivity index (χ4v) is 6.25. The zero-order valence-corrected chi connectivity index (χ0v) is 18.0. The Kier molecular flexibility index (Phi) is 5.16. The third-order valence-corrected chi connectivity index (χ3v) is 8.29. The first-order valence-corrected chi connectivity index (χ1v) is 11.8. The molecule has 1 fully saturated rings. The molecule has 0 saturated carbocycles. The van der Waals surface area contributed by atoms with Crippen molar-refractivity contribution < 1.29 is 21.6 Å². The molecule has 0 spiro atoms. The number of hydrogen-bond donors (Lipinski definition) is 1. The van der Waals surface area contributed by atoms with E-state index in [2.05, 4.69) is 4.72 Å². The van der Waals surface area contributed by atoms with Gasteiger partial charge in [0.1, 0.15) is 0 Å². The molecule has 11 heteroatoms. The first-order chi connectivity index (χ1) is 12.8. The molecule has 3 rings (SSSR count). The summed E-state index contributed by atoms with van der Waals surface area (Å²) >= 11 is 11.7. The van der Waals surface area contributed by atoms with Gasteiger partial charge in [0.2, 0.25) is 15.9 Å². The van der Waals surface area contributed by atoms with Crippen molar-refractivity contribution in [2.24, 2.45) is 5.41 Å². The van der Waals surface area contributed by atoms with E-state index < -0.39 is 31.4 Å². The van der Waals surface area contributed by atoms with Crippen molar-refractivity contribution in [3.05, 3.63) is 52.5 Å². The molecule has 28 heavy (non-hydrogen) atoms. The fraction of sp³-hybridized carbons (Fsp3) is 0.235. The molecule has 0 bridgehead atoms. The predicted molar refractivity (Wildman–Crippen MR) is 109 cm³/mol. The van der Waals surface area contributed by atoms with Crippen LogP contribution < -0.4 is 9.03 Å². The number of carbonyl (C=O) groups excluding carboxylic acids is 1. The molecular weight excluding hydrogens is 447 g/mol. The molecule has 7 nitrogen and oxygen atoms in total. The molecular formula is C17H16Cl2N2O5S2. The van der Waals surface area contributed by atoms with Gasteiger partial charge in [0.05, 0.1) is 37.5 Å². The largest absolute Gasteiger partial charge is 0.280 e. The standard InChI is InChI=1S/C17H16Cl2N2O5S2/c1-17(2)10-27(23,24)21(16(17)22)12-4-6-13(7-5-12)28(25,26)20-11-3-8-14(18)15(19)9-11/h3-9,20H,10H2,1-2H3. The summed E-state index contributed by atoms with van der Waals surface area (Å²) in [6.45, 7) is 3.10. The molecule has 2 aromatic carbocycles. The lowest BCUT2D eigenvalue weighted by atomic mass is 9.95. The highest BCUT2D eigenvalue weighted by molar-refractivity contribution is 7.94. The maximum Gasteiger partial charge on any atom is 0.261 e. The number of carbonyl (C=O) groups is 1. The van der Waals surface area contributed by atoms with Crippen molar-refractivity contribution in [3.63, 3.8) is 0 Å². The van der Waals surface area contributed by atoms with Crippen LogP contribution in [-0.4, -0.2) is 28.5 Å². The number of nitrogens with one attached hydrogen (secondary N) is 1. The van der Waals surface area contributed by atoms with Gasteiger partial charge in [-0.25, -0.2) is 21.1 Å². The maximum atomic E-state index is 12.5. The van der Waals surface area contributed by atoms with Gasteiger partial charge < -0.3 is 0 Å². The number of sulfonamides is 2. The van der Waals surface area contributed by atoms with Gasteiger partial charge in [-0.3, -0.25) is 9.52 Å². The Morgan fingerprint density at radius 3 is 2.14 bits per heavy atom. The van der Waals surface area contributed by atoms with Crippen molar-refractivity contribution in [1.82, 2.24) is 0 Å². The Labute approximate surface area is 173 Å². The van der Waals surface area contributed by atoms with E-state index in [0.29, 0.717) is 0 Å². The third-order valence-electron chi connectivity index (χ3n) is 4.14. The van der Waals surface area contributed by atoms with Gasteiger partial charge in [-0.15, -0.1) is 0 Å². The van der Waals surface area contributed by atoms with E-state index in [4.69, 9.17) is 23.2 Å². The summed E-state index contributed by atoms with van der Waals surface area (Å²) in [5.74, 6) is -0.866. The van der Waals surface area contributed by atoms with E-state index in [1.807, 2.05) is 0 Å². The van der Waals surface area contributed by atoms with Gasteiger partial charge in [-0.05, 0) is 56.3 Å². The van der Waals surface area contributed by atoms with Crippen LogP contribution in [0.1, 0.15) is 13.8 Å². The van der Waals surface area contributed by atoms with Crippen LogP contribution in [0.25, 0.3) is 0 Å². The van der Waals surface area contributed by atoms with Crippen LogP contribution >= 0.6 is 23.2 Å². The molecule has 2 aromatic rings. The van der Waals surface area contributed by atoms with Crippen LogP contribution in [0.3, 0.4) is 0 Å². The highest BCUT2D eigenvalue weighted by atomic mass is 35.5. The van der Waals surface area contributed by atoms with Crippen LogP contribution in [0, 0.1) is 5.41 Å². The summed E-state index contributed by atoms with van der Waals surface area (Å²) in [5, 5.41) is 0.478. The maximum absolute atomic E-state index is 12.5. The number of nitrogens with zero attached hydrogens (tertiary/aromatic N) is 1. The minimum atomic E-state index is -3.95. The van der Waals surface area contributed by atoms with Crippen molar-refractivity contribution in [1.29, 1.82) is 0 Å². The summed E-state index contributed by atoms with van der Waals surface area (Å²) in [7, 11) is -7.76. The minimum Gasteiger partial charge on any atom is -0.280 e. The Morgan fingerprint density at radius 1 is 1.04 bits per heavy atom. The van der Waals surface area contributed by atoms with Gasteiger partial charge in [0.15, 0.2) is 0 Å². The number of rotatable bonds is 4. The van der Waals surface area contributed by atoms with Crippen LogP contribution in [0.4, 0.5) is 11.4 Å². The molecule has 150 valence electrons. The Balaban J connectivity index is 1.90. The van der Waals surface area contributed by atoms with E-state index in [9.17, 15) is 21.6 Å². The van der Waals surface area contributed by atoms with Gasteiger partial charge in [0, 0.05) is 0 Å². The first kappa shape index (κ1) is 20.9. The number of benzene rings is 2. The van der Waals surface area contributed by atoms with Gasteiger partial charge in [-0.1, -0.05) is 23.2 Å². The lowest BCUT2D eigenvalue weighted by Gasteiger charge is -2.17. The molecule has 0 atom stereocenters. The molecule has 1 saturated heterocycles. The zero-order valence-electron chi connectivity index (χ0n) is 14.8. The van der Waals surface area contributed by atoms with Crippen molar-refractivity contribution in [2.75, 3.05) is 14.8 Å². The number of halogens is 2. The van der Waals surface area contributed by atoms with Gasteiger partial charge >= 0.3 is 0 Å². The molecule has 1 heterocycles. The molecule has 1 N–H and O–H groups in total. The zero-order chi connectivity index (χ0) is 20.9. The molecule has 1 amide bonds. The second kappa shape index (κ2) is 6.91. The summed E-state index contributed by atoms with van der Waals surface area (Å²) in [6.07, 6.45) is 0. The average Bonchev–Trinajstić information content (AvgIpc) is 2.74. The van der Waals surface area contributed by atoms with Crippen LogP contribution in [0.2, 0.25) is 10.0 Å². The second-order valence-corrected chi connectivity index (χ2v) is 11.3. The van der Waals surface area contributed by atoms with Gasteiger partial charge in [0.25, 0.3) is 10.0 Å². The summed E-state index contributed by atoms with van der Waals surface area (Å²) in [4.78, 5) is 12.3. The Hall–Kier alpha value is -1.81. The lowest BCUT2D eigenvalue weighted by Crippen LogP contribution is -2.32. The molecule has 0 unspecified atom stereocenters. The molecule has 1 aliphatic rings. The van der Waals surface area contributed by atoms with Crippen molar-refractivity contribution in [2.45, 2.75) is 18.7 Å².